The first-order valence-corrected chi connectivity index (χ1v) is 4.97. The maximum Gasteiger partial charge on any atom is 0.140 e. The number of nitrogens with one attached hydrogen (secondary N) is 1. The molecular weight excluding hydrogens is 174 g/mol. The molecular formula is C11H15N3. The summed E-state index contributed by atoms with van der Waals surface area (Å²) < 4.78 is 0. The quantitative estimate of drug-likeness (QED) is 0.724. The zero-order valence-electron chi connectivity index (χ0n) is 8.45. The number of pyridine rings is 1. The number of hydrogen-bond acceptors (Lipinski definition) is 3. The van der Waals surface area contributed by atoms with Gasteiger partial charge in [0.1, 0.15) is 11.8 Å². The number of rotatable bonds is 5. The highest BCUT2D eigenvalue weighted by Crippen LogP contribution is 2.05. The smallest absolute Gasteiger partial charge is 0.140 e. The second kappa shape index (κ2) is 5.98. The first-order chi connectivity index (χ1) is 6.86. The van der Waals surface area contributed by atoms with Crippen molar-refractivity contribution in [3.05, 3.63) is 24.0 Å². The Balaban J connectivity index is 2.33. The van der Waals surface area contributed by atoms with Gasteiger partial charge in [-0.2, -0.15) is 5.26 Å². The summed E-state index contributed by atoms with van der Waals surface area (Å²) in [5, 5.41) is 11.8. The molecule has 1 aromatic rings. The van der Waals surface area contributed by atoms with Gasteiger partial charge in [0.25, 0.3) is 0 Å². The fourth-order valence-electron chi connectivity index (χ4n) is 1.17. The van der Waals surface area contributed by atoms with E-state index in [1.54, 1.807) is 12.3 Å². The molecule has 3 nitrogen and oxygen atoms in total. The van der Waals surface area contributed by atoms with E-state index in [1.165, 1.54) is 19.3 Å². The van der Waals surface area contributed by atoms with Gasteiger partial charge in [-0.05, 0) is 18.6 Å². The number of nitrogens with zero attached hydrogens (tertiary/aromatic N) is 2. The molecule has 0 aromatic carbocycles. The van der Waals surface area contributed by atoms with E-state index >= 15 is 0 Å². The molecule has 0 atom stereocenters. The predicted molar refractivity (Wildman–Crippen MR) is 57.0 cm³/mol. The van der Waals surface area contributed by atoms with E-state index < -0.39 is 0 Å². The number of unbranched alkanes of at least 4 members (excludes halogenated alkanes) is 2. The molecule has 0 bridgehead atoms. The van der Waals surface area contributed by atoms with Gasteiger partial charge in [0, 0.05) is 6.54 Å². The third-order valence-corrected chi connectivity index (χ3v) is 1.99. The van der Waals surface area contributed by atoms with Crippen LogP contribution in [0.25, 0.3) is 0 Å². The molecule has 3 heteroatoms. The zero-order chi connectivity index (χ0) is 10.2. The third kappa shape index (κ3) is 3.44. The Kier molecular flexibility index (Phi) is 4.49. The van der Waals surface area contributed by atoms with Gasteiger partial charge in [0.15, 0.2) is 0 Å². The van der Waals surface area contributed by atoms with Crippen molar-refractivity contribution in [2.45, 2.75) is 26.2 Å². The third-order valence-electron chi connectivity index (χ3n) is 1.99. The van der Waals surface area contributed by atoms with Gasteiger partial charge < -0.3 is 5.32 Å². The van der Waals surface area contributed by atoms with Crippen molar-refractivity contribution < 1.29 is 0 Å². The summed E-state index contributed by atoms with van der Waals surface area (Å²) >= 11 is 0. The molecule has 1 aromatic heterocycles. The fourth-order valence-corrected chi connectivity index (χ4v) is 1.17. The maximum atomic E-state index is 8.54. The lowest BCUT2D eigenvalue weighted by atomic mass is 10.2. The fraction of sp³-hybridized carbons (Fsp3) is 0.455. The van der Waals surface area contributed by atoms with Gasteiger partial charge in [-0.3, -0.25) is 0 Å². The van der Waals surface area contributed by atoms with Crippen molar-refractivity contribution in [3.63, 3.8) is 0 Å². The standard InChI is InChI=1S/C11H15N3/c1-2-3-4-7-13-11-6-5-10(8-12)14-9-11/h5-6,9,13H,2-4,7H2,1H3. The summed E-state index contributed by atoms with van der Waals surface area (Å²) in [6.45, 7) is 3.16. The van der Waals surface area contributed by atoms with Crippen LogP contribution in [0.1, 0.15) is 31.9 Å². The molecule has 1 heterocycles. The summed E-state index contributed by atoms with van der Waals surface area (Å²) in [7, 11) is 0. The van der Waals surface area contributed by atoms with Gasteiger partial charge in [-0.25, -0.2) is 4.98 Å². The molecule has 0 aliphatic rings. The molecule has 0 unspecified atom stereocenters. The average Bonchev–Trinajstić information content (AvgIpc) is 2.25. The lowest BCUT2D eigenvalue weighted by Gasteiger charge is -2.04. The summed E-state index contributed by atoms with van der Waals surface area (Å²) in [6.07, 6.45) is 5.35. The number of hydrogen-bond donors (Lipinski definition) is 1. The zero-order valence-corrected chi connectivity index (χ0v) is 8.45. The highest BCUT2D eigenvalue weighted by atomic mass is 14.9. The Morgan fingerprint density at radius 2 is 2.29 bits per heavy atom. The van der Waals surface area contributed by atoms with Crippen molar-refractivity contribution in [1.29, 1.82) is 5.26 Å². The molecule has 0 spiro atoms. The van der Waals surface area contributed by atoms with E-state index in [-0.39, 0.29) is 0 Å². The van der Waals surface area contributed by atoms with Crippen LogP contribution < -0.4 is 5.32 Å². The Labute approximate surface area is 84.8 Å². The SMILES string of the molecule is CCCCCNc1ccc(C#N)nc1. The van der Waals surface area contributed by atoms with Crippen LogP contribution in [0.5, 0.6) is 0 Å². The van der Waals surface area contributed by atoms with Crippen LogP contribution in [0.4, 0.5) is 5.69 Å². The van der Waals surface area contributed by atoms with E-state index in [2.05, 4.69) is 17.2 Å². The summed E-state index contributed by atoms with van der Waals surface area (Å²) in [5.74, 6) is 0. The molecule has 0 aliphatic carbocycles. The summed E-state index contributed by atoms with van der Waals surface area (Å²) in [4.78, 5) is 3.97. The van der Waals surface area contributed by atoms with Crippen LogP contribution in [0.3, 0.4) is 0 Å². The summed E-state index contributed by atoms with van der Waals surface area (Å²) in [6, 6.07) is 5.60. The van der Waals surface area contributed by atoms with Crippen LogP contribution >= 0.6 is 0 Å². The molecule has 0 amide bonds. The van der Waals surface area contributed by atoms with E-state index in [9.17, 15) is 0 Å². The minimum atomic E-state index is 0.462. The summed E-state index contributed by atoms with van der Waals surface area (Å²) in [5.41, 5.74) is 1.45. The van der Waals surface area contributed by atoms with Crippen LogP contribution in [0, 0.1) is 11.3 Å². The molecule has 0 aliphatic heterocycles. The van der Waals surface area contributed by atoms with E-state index in [0.29, 0.717) is 5.69 Å². The van der Waals surface area contributed by atoms with Crippen LogP contribution in [-0.4, -0.2) is 11.5 Å². The van der Waals surface area contributed by atoms with Gasteiger partial charge >= 0.3 is 0 Å². The molecule has 74 valence electrons. The highest BCUT2D eigenvalue weighted by molar-refractivity contribution is 5.42. The van der Waals surface area contributed by atoms with Crippen LogP contribution in [-0.2, 0) is 0 Å². The first kappa shape index (κ1) is 10.5. The van der Waals surface area contributed by atoms with E-state index in [0.717, 1.165) is 12.2 Å². The van der Waals surface area contributed by atoms with Gasteiger partial charge in [-0.15, -0.1) is 0 Å². The maximum absolute atomic E-state index is 8.54. The van der Waals surface area contributed by atoms with Crippen molar-refractivity contribution >= 4 is 5.69 Å². The van der Waals surface area contributed by atoms with Crippen molar-refractivity contribution in [3.8, 4) is 6.07 Å². The Morgan fingerprint density at radius 3 is 2.86 bits per heavy atom. The normalized spacial score (nSPS) is 9.43. The Hall–Kier alpha value is -1.56. The van der Waals surface area contributed by atoms with Crippen molar-refractivity contribution in [2.24, 2.45) is 0 Å². The average molecular weight is 189 g/mol. The molecule has 1 rings (SSSR count). The van der Waals surface area contributed by atoms with Crippen LogP contribution in [0.15, 0.2) is 18.3 Å². The van der Waals surface area contributed by atoms with Gasteiger partial charge in [0.05, 0.1) is 11.9 Å². The molecule has 0 radical (unpaired) electrons. The minimum absolute atomic E-state index is 0.462. The highest BCUT2D eigenvalue weighted by Gasteiger charge is 1.93. The molecule has 0 saturated carbocycles. The van der Waals surface area contributed by atoms with Gasteiger partial charge in [0.2, 0.25) is 0 Å². The molecule has 0 saturated heterocycles. The Morgan fingerprint density at radius 1 is 1.43 bits per heavy atom. The lowest BCUT2D eigenvalue weighted by Crippen LogP contribution is -2.01. The van der Waals surface area contributed by atoms with E-state index in [1.807, 2.05) is 12.1 Å². The van der Waals surface area contributed by atoms with E-state index in [4.69, 9.17) is 5.26 Å². The second-order valence-electron chi connectivity index (χ2n) is 3.18. The van der Waals surface area contributed by atoms with Crippen LogP contribution in [0.2, 0.25) is 0 Å². The first-order valence-electron chi connectivity index (χ1n) is 4.97. The molecule has 1 N–H and O–H groups in total. The lowest BCUT2D eigenvalue weighted by molar-refractivity contribution is 0.743. The van der Waals surface area contributed by atoms with Gasteiger partial charge in [-0.1, -0.05) is 19.8 Å². The number of nitriles is 1. The van der Waals surface area contributed by atoms with Crippen molar-refractivity contribution in [2.75, 3.05) is 11.9 Å². The molecule has 14 heavy (non-hydrogen) atoms. The topological polar surface area (TPSA) is 48.7 Å². The molecule has 0 fully saturated rings. The monoisotopic (exact) mass is 189 g/mol. The number of anilines is 1. The largest absolute Gasteiger partial charge is 0.384 e. The second-order valence-corrected chi connectivity index (χ2v) is 3.18. The minimum Gasteiger partial charge on any atom is -0.384 e. The predicted octanol–water partition coefficient (Wildman–Crippen LogP) is 2.56. The number of aromatic nitrogens is 1. The Bertz CT molecular complexity index is 297. The van der Waals surface area contributed by atoms with Crippen molar-refractivity contribution in [1.82, 2.24) is 4.98 Å².